The number of cyclic esters (lactones) is 1. The Balaban J connectivity index is 0.769. The number of esters is 1. The van der Waals surface area contributed by atoms with Gasteiger partial charge in [0.05, 0.1) is 161 Å². The Kier molecular flexibility index (Phi) is 35.4. The van der Waals surface area contributed by atoms with Gasteiger partial charge in [-0.05, 0) is 91.8 Å². The number of fused-ring (bicyclic) bond motifs is 5. The molecule has 1 saturated heterocycles. The summed E-state index contributed by atoms with van der Waals surface area (Å²) < 4.78 is 82.3. The number of hydrogen-bond acceptors (Lipinski definition) is 25. The number of benzene rings is 2. The quantitative estimate of drug-likeness (QED) is 0.0153. The first-order chi connectivity index (χ1) is 53.9. The molecule has 36 heteroatoms. The summed E-state index contributed by atoms with van der Waals surface area (Å²) in [4.78, 5) is 153. The summed E-state index contributed by atoms with van der Waals surface area (Å²) in [5, 5.41) is 30.9. The molecule has 6 atom stereocenters. The van der Waals surface area contributed by atoms with Crippen LogP contribution in [0.1, 0.15) is 118 Å². The van der Waals surface area contributed by atoms with Gasteiger partial charge in [0, 0.05) is 67.2 Å². The van der Waals surface area contributed by atoms with Gasteiger partial charge in [-0.3, -0.25) is 43.3 Å². The standard InChI is InChI=1S/C76H106FN11O24/c1-7-76(100)54-40-60-67-52(42-87(60)72(96)53(54)45-111-73(76)97)65-56(15-14-51-48(5)55(77)41-59(83-67)64(51)65)85-75(99)112-44-49-10-12-50(13-11-49)81-68(92)57(9-8-18-80-74(78)98)84-70(94)66(46(2)3)86-69(93)58(82-62(90)43-88-63(91)39-47(4)71(88)95)16-19-79-61(89)17-20-102-23-24-104-27-28-106-31-32-108-35-36-110-38-37-109-34-33-107-30-29-105-26-25-103-22-21-101-6/h10-13,40-41,46-47,56-58,66,100H,7-9,14-39,42-45H2,1-6H3,(H,79,89)(H,81,92)(H,82,90)(H,84,94)(H,85,99)(H,86,93)(H3,78,80,98)/t47?,56-,57-,58-,66-,76-/m0/s1. The number of imide groups is 1. The number of anilines is 1. The van der Waals surface area contributed by atoms with Crippen LogP contribution in [0.25, 0.3) is 22.3 Å². The molecule has 10 N–H and O–H groups in total. The number of ether oxygens (including phenoxy) is 12. The van der Waals surface area contributed by atoms with E-state index in [4.69, 9.17) is 67.6 Å². The monoisotopic (exact) mass is 1580 g/mol. The molecular formula is C76H106FN11O24. The van der Waals surface area contributed by atoms with E-state index in [1.165, 1.54) is 22.8 Å². The van der Waals surface area contributed by atoms with Gasteiger partial charge in [0.1, 0.15) is 43.7 Å². The first kappa shape index (κ1) is 88.4. The van der Waals surface area contributed by atoms with E-state index in [0.717, 1.165) is 4.90 Å². The summed E-state index contributed by atoms with van der Waals surface area (Å²) in [7, 11) is 1.62. The number of nitrogens with one attached hydrogen (secondary N) is 7. The first-order valence-electron chi connectivity index (χ1n) is 37.8. The van der Waals surface area contributed by atoms with Crippen molar-refractivity contribution in [3.05, 3.63) is 91.5 Å². The van der Waals surface area contributed by atoms with Gasteiger partial charge in [-0.15, -0.1) is 0 Å². The zero-order chi connectivity index (χ0) is 80.7. The highest BCUT2D eigenvalue weighted by molar-refractivity contribution is 6.06. The number of hydrogen-bond donors (Lipinski definition) is 9. The SMILES string of the molecule is CC[C@@]1(O)C(=O)OCc2c1cc1n(c2=O)Cc2c-1nc1cc(F)c(C)c3c1c2[C@@H](NC(=O)OCc1ccc(NC(=O)[C@H](CCCNC(N)=O)NC(=O)[C@@H](NC(=O)[C@H](CCNC(=O)CCOCCOCCOCCOCCOCCOCCOCCOCCOCCOC)NC(=O)CN2C(=O)CC(C)C2=O)C(C)C)cc1)CC3. The van der Waals surface area contributed by atoms with Crippen LogP contribution in [-0.2, 0) is 127 Å². The van der Waals surface area contributed by atoms with Crippen molar-refractivity contribution in [3.8, 4) is 11.4 Å². The third kappa shape index (κ3) is 25.4. The summed E-state index contributed by atoms with van der Waals surface area (Å²) in [5.41, 5.74) is 7.03. The molecule has 3 aliphatic heterocycles. The lowest BCUT2D eigenvalue weighted by Crippen LogP contribution is -2.58. The number of carbonyl (C=O) groups excluding carboxylic acids is 10. The second kappa shape index (κ2) is 44.9. The number of nitrogens with two attached hydrogens (primary N) is 1. The Morgan fingerprint density at radius 3 is 1.84 bits per heavy atom. The number of halogens is 1. The lowest BCUT2D eigenvalue weighted by atomic mass is 9.81. The molecule has 0 bridgehead atoms. The van der Waals surface area contributed by atoms with E-state index in [9.17, 15) is 57.8 Å². The number of alkyl carbamates (subject to hydrolysis) is 1. The summed E-state index contributed by atoms with van der Waals surface area (Å²) in [6.07, 6.45) is -0.438. The summed E-state index contributed by atoms with van der Waals surface area (Å²) in [5.74, 6) is -7.46. The summed E-state index contributed by atoms with van der Waals surface area (Å²) in [6, 6.07) is 3.58. The summed E-state index contributed by atoms with van der Waals surface area (Å²) in [6.45, 7) is 14.1. The van der Waals surface area contributed by atoms with Gasteiger partial charge >= 0.3 is 18.1 Å². The molecule has 1 fully saturated rings. The number of aryl methyl sites for hydroxylation is 1. The second-order valence-corrected chi connectivity index (χ2v) is 27.5. The Bertz CT molecular complexity index is 3960. The van der Waals surface area contributed by atoms with Crippen molar-refractivity contribution in [2.45, 2.75) is 136 Å². The zero-order valence-corrected chi connectivity index (χ0v) is 64.4. The van der Waals surface area contributed by atoms with Gasteiger partial charge in [0.15, 0.2) is 5.60 Å². The van der Waals surface area contributed by atoms with Gasteiger partial charge in [-0.2, -0.15) is 0 Å². The minimum absolute atomic E-state index is 0.0254. The molecule has 5 heterocycles. The van der Waals surface area contributed by atoms with E-state index >= 15 is 4.39 Å². The van der Waals surface area contributed by atoms with Crippen molar-refractivity contribution in [2.24, 2.45) is 17.6 Å². The van der Waals surface area contributed by atoms with E-state index in [1.807, 2.05) is 0 Å². The Morgan fingerprint density at radius 2 is 1.29 bits per heavy atom. The fourth-order valence-electron chi connectivity index (χ4n) is 13.1. The predicted octanol–water partition coefficient (Wildman–Crippen LogP) is 2.03. The molecule has 2 aromatic heterocycles. The molecule has 112 heavy (non-hydrogen) atoms. The van der Waals surface area contributed by atoms with Crippen LogP contribution in [0.15, 0.2) is 41.2 Å². The maximum atomic E-state index is 15.6. The number of primary amides is 1. The van der Waals surface area contributed by atoms with E-state index < -0.39 is 119 Å². The predicted molar refractivity (Wildman–Crippen MR) is 398 cm³/mol. The van der Waals surface area contributed by atoms with Crippen LogP contribution >= 0.6 is 0 Å². The highest BCUT2D eigenvalue weighted by atomic mass is 19.1. The van der Waals surface area contributed by atoms with Crippen molar-refractivity contribution in [2.75, 3.05) is 158 Å². The van der Waals surface area contributed by atoms with Gasteiger partial charge in [-0.25, -0.2) is 23.8 Å². The number of urea groups is 1. The third-order valence-corrected chi connectivity index (χ3v) is 19.2. The number of likely N-dealkylation sites (tertiary alicyclic amines) is 1. The van der Waals surface area contributed by atoms with Crippen molar-refractivity contribution in [1.82, 2.24) is 46.4 Å². The van der Waals surface area contributed by atoms with E-state index in [-0.39, 0.29) is 108 Å². The normalized spacial score (nSPS) is 16.9. The zero-order valence-electron chi connectivity index (χ0n) is 64.4. The Hall–Kier alpha value is -9.21. The number of pyridine rings is 2. The maximum Gasteiger partial charge on any atom is 0.407 e. The minimum Gasteiger partial charge on any atom is -0.458 e. The fraction of sp³-hybridized carbons (Fsp3) is 0.605. The van der Waals surface area contributed by atoms with E-state index in [1.54, 1.807) is 59.9 Å². The first-order valence-corrected chi connectivity index (χ1v) is 37.8. The molecule has 616 valence electrons. The average Bonchev–Trinajstić information content (AvgIpc) is 1.50. The van der Waals surface area contributed by atoms with Crippen LogP contribution in [0.5, 0.6) is 0 Å². The molecule has 1 unspecified atom stereocenters. The van der Waals surface area contributed by atoms with Crippen LogP contribution in [-0.4, -0.2) is 249 Å². The fourth-order valence-corrected chi connectivity index (χ4v) is 13.1. The second-order valence-electron chi connectivity index (χ2n) is 27.5. The highest BCUT2D eigenvalue weighted by Gasteiger charge is 2.46. The number of rotatable bonds is 51. The Labute approximate surface area is 647 Å². The van der Waals surface area contributed by atoms with Crippen molar-refractivity contribution < 1.29 is 114 Å². The topological polar surface area (TPSA) is 450 Å². The number of amides is 10. The average molecular weight is 1580 g/mol. The lowest BCUT2D eigenvalue weighted by molar-refractivity contribution is -0.172. The number of aromatic nitrogens is 2. The molecule has 0 spiro atoms. The largest absolute Gasteiger partial charge is 0.458 e. The van der Waals surface area contributed by atoms with E-state index in [2.05, 4.69) is 37.2 Å². The van der Waals surface area contributed by atoms with Crippen LogP contribution in [0.4, 0.5) is 19.7 Å². The molecule has 35 nitrogen and oxygen atoms in total. The van der Waals surface area contributed by atoms with Crippen LogP contribution < -0.4 is 48.5 Å². The smallest absolute Gasteiger partial charge is 0.407 e. The van der Waals surface area contributed by atoms with Crippen LogP contribution in [0, 0.1) is 24.6 Å². The summed E-state index contributed by atoms with van der Waals surface area (Å²) >= 11 is 0. The van der Waals surface area contributed by atoms with Crippen molar-refractivity contribution in [1.29, 1.82) is 0 Å². The Morgan fingerprint density at radius 1 is 0.705 bits per heavy atom. The lowest BCUT2D eigenvalue weighted by Gasteiger charge is -2.31. The van der Waals surface area contributed by atoms with Crippen LogP contribution in [0.2, 0.25) is 0 Å². The van der Waals surface area contributed by atoms with Gasteiger partial charge in [0.25, 0.3) is 5.56 Å². The third-order valence-electron chi connectivity index (χ3n) is 19.2. The number of methoxy groups -OCH3 is 1. The molecule has 4 aromatic rings. The molecule has 1 aliphatic carbocycles. The molecule has 2 aromatic carbocycles. The molecule has 8 rings (SSSR count). The number of nitrogens with zero attached hydrogens (tertiary/aromatic N) is 3. The van der Waals surface area contributed by atoms with Crippen molar-refractivity contribution >= 4 is 76.0 Å². The molecule has 4 aliphatic rings. The van der Waals surface area contributed by atoms with Gasteiger partial charge in [0.2, 0.25) is 41.4 Å². The van der Waals surface area contributed by atoms with Crippen molar-refractivity contribution in [3.63, 3.8) is 0 Å². The molecule has 0 saturated carbocycles. The highest BCUT2D eigenvalue weighted by Crippen LogP contribution is 2.46. The van der Waals surface area contributed by atoms with Gasteiger partial charge < -0.3 is 109 Å². The minimum atomic E-state index is -2.08. The molecule has 10 amide bonds. The number of carbonyl (C=O) groups is 10. The van der Waals surface area contributed by atoms with Gasteiger partial charge in [-0.1, -0.05) is 39.8 Å². The molecule has 0 radical (unpaired) electrons. The number of aliphatic hydroxyl groups is 1. The maximum absolute atomic E-state index is 15.6. The van der Waals surface area contributed by atoms with Crippen LogP contribution in [0.3, 0.4) is 0 Å². The van der Waals surface area contributed by atoms with E-state index in [0.29, 0.717) is 169 Å². The molecular weight excluding hydrogens is 1470 g/mol.